The molecule has 4 aromatic rings. The third-order valence-corrected chi connectivity index (χ3v) is 8.76. The summed E-state index contributed by atoms with van der Waals surface area (Å²) in [5.41, 5.74) is 3.82. The maximum Gasteiger partial charge on any atom is 0.415 e. The number of pyridine rings is 1. The van der Waals surface area contributed by atoms with E-state index in [1.165, 1.54) is 0 Å². The van der Waals surface area contributed by atoms with Gasteiger partial charge in [-0.15, -0.1) is 0 Å². The summed E-state index contributed by atoms with van der Waals surface area (Å²) < 4.78 is 44.1. The van der Waals surface area contributed by atoms with Gasteiger partial charge in [-0.3, -0.25) is 14.9 Å². The van der Waals surface area contributed by atoms with Gasteiger partial charge in [-0.05, 0) is 86.2 Å². The molecule has 44 heavy (non-hydrogen) atoms. The standard InChI is InChI=1S/C33H36F3N5O3/c34-33(35,36)29(42)20-41-17-14-25(15-18-41)44-24-11-8-22(9-12-24)30-26-19-23(10-13-27(26)39-40-30)32(43)38-31(21-5-1-2-6-21)28-7-3-4-16-37-28/h3-4,7-13,16,19,21,25,29,31,42H,1-2,5-6,14-15,17-18,20H2,(H,38,43)(H,39,40). The molecule has 11 heteroatoms. The molecule has 2 atom stereocenters. The Morgan fingerprint density at radius 2 is 1.80 bits per heavy atom. The number of H-pyrrole nitrogens is 1. The van der Waals surface area contributed by atoms with Crippen LogP contribution in [0.2, 0.25) is 0 Å². The zero-order chi connectivity index (χ0) is 30.7. The number of β-amino-alcohol motifs (C(OH)–C–C–N with tert-alkyl or cyclic N) is 1. The van der Waals surface area contributed by atoms with E-state index in [0.29, 0.717) is 43.2 Å². The highest BCUT2D eigenvalue weighted by molar-refractivity contribution is 6.01. The first-order chi connectivity index (χ1) is 21.2. The second-order valence-electron chi connectivity index (χ2n) is 11.8. The number of carbonyl (C=O) groups excluding carboxylic acids is 1. The molecule has 1 amide bonds. The first kappa shape index (κ1) is 30.1. The summed E-state index contributed by atoms with van der Waals surface area (Å²) in [5.74, 6) is 0.872. The highest BCUT2D eigenvalue weighted by atomic mass is 19.4. The van der Waals surface area contributed by atoms with Crippen LogP contribution in [0.15, 0.2) is 66.9 Å². The number of nitrogens with one attached hydrogen (secondary N) is 2. The number of likely N-dealkylation sites (tertiary alicyclic amines) is 1. The van der Waals surface area contributed by atoms with Crippen molar-refractivity contribution in [1.29, 1.82) is 0 Å². The number of ether oxygens (including phenoxy) is 1. The lowest BCUT2D eigenvalue weighted by molar-refractivity contribution is -0.208. The van der Waals surface area contributed by atoms with Crippen LogP contribution in [-0.4, -0.2) is 69.1 Å². The number of aromatic amines is 1. The minimum atomic E-state index is -4.61. The number of aliphatic hydroxyl groups excluding tert-OH is 1. The molecule has 1 aliphatic carbocycles. The SMILES string of the molecule is O=C(NC(c1ccccn1)C1CCCC1)c1ccc2[nH]nc(-c3ccc(OC4CCN(CC(O)C(F)(F)F)CC4)cc3)c2c1. The predicted molar refractivity (Wildman–Crippen MR) is 160 cm³/mol. The van der Waals surface area contributed by atoms with Crippen molar-refractivity contribution in [1.82, 2.24) is 25.4 Å². The molecular formula is C33H36F3N5O3. The number of nitrogens with zero attached hydrogens (tertiary/aromatic N) is 3. The number of halogens is 3. The van der Waals surface area contributed by atoms with Crippen LogP contribution in [0.25, 0.3) is 22.2 Å². The van der Waals surface area contributed by atoms with Crippen molar-refractivity contribution in [2.75, 3.05) is 19.6 Å². The highest BCUT2D eigenvalue weighted by Gasteiger charge is 2.39. The molecule has 6 rings (SSSR count). The van der Waals surface area contributed by atoms with E-state index in [0.717, 1.165) is 53.5 Å². The molecule has 3 N–H and O–H groups in total. The Morgan fingerprint density at radius 3 is 2.48 bits per heavy atom. The second-order valence-corrected chi connectivity index (χ2v) is 11.8. The Kier molecular flexibility index (Phi) is 8.86. The van der Waals surface area contributed by atoms with E-state index in [2.05, 4.69) is 20.5 Å². The minimum absolute atomic E-state index is 0.119. The lowest BCUT2D eigenvalue weighted by Gasteiger charge is -2.33. The monoisotopic (exact) mass is 607 g/mol. The zero-order valence-corrected chi connectivity index (χ0v) is 24.3. The predicted octanol–water partition coefficient (Wildman–Crippen LogP) is 6.05. The van der Waals surface area contributed by atoms with Crippen LogP contribution >= 0.6 is 0 Å². The third kappa shape index (κ3) is 6.89. The van der Waals surface area contributed by atoms with E-state index >= 15 is 0 Å². The average Bonchev–Trinajstić information content (AvgIpc) is 3.71. The highest BCUT2D eigenvalue weighted by Crippen LogP contribution is 2.36. The Balaban J connectivity index is 1.11. The van der Waals surface area contributed by atoms with E-state index in [1.807, 2.05) is 54.6 Å². The summed E-state index contributed by atoms with van der Waals surface area (Å²) in [6.45, 7) is 0.430. The molecule has 0 spiro atoms. The lowest BCUT2D eigenvalue weighted by Crippen LogP contribution is -2.45. The smallest absolute Gasteiger partial charge is 0.415 e. The molecule has 2 unspecified atom stereocenters. The van der Waals surface area contributed by atoms with Crippen molar-refractivity contribution in [2.45, 2.75) is 63.0 Å². The fourth-order valence-electron chi connectivity index (χ4n) is 6.33. The molecule has 1 saturated carbocycles. The number of aromatic nitrogens is 3. The van der Waals surface area contributed by atoms with Crippen molar-refractivity contribution < 1.29 is 27.8 Å². The van der Waals surface area contributed by atoms with Crippen LogP contribution in [0, 0.1) is 5.92 Å². The van der Waals surface area contributed by atoms with E-state index in [4.69, 9.17) is 4.74 Å². The van der Waals surface area contributed by atoms with Gasteiger partial charge in [0.15, 0.2) is 6.10 Å². The van der Waals surface area contributed by atoms with Gasteiger partial charge in [0.05, 0.1) is 22.9 Å². The maximum absolute atomic E-state index is 13.5. The number of hydrogen-bond donors (Lipinski definition) is 3. The van der Waals surface area contributed by atoms with Gasteiger partial charge in [-0.1, -0.05) is 18.9 Å². The van der Waals surface area contributed by atoms with E-state index in [1.54, 1.807) is 17.2 Å². The molecular weight excluding hydrogens is 571 g/mol. The summed E-state index contributed by atoms with van der Waals surface area (Å²) in [6, 6.07) is 18.7. The number of amides is 1. The first-order valence-electron chi connectivity index (χ1n) is 15.2. The van der Waals surface area contributed by atoms with Crippen LogP contribution in [0.1, 0.15) is 60.6 Å². The summed E-state index contributed by atoms with van der Waals surface area (Å²) in [4.78, 5) is 19.7. The maximum atomic E-state index is 13.5. The van der Waals surface area contributed by atoms with E-state index in [-0.39, 0.29) is 18.1 Å². The Bertz CT molecular complexity index is 1550. The number of piperidine rings is 1. The quantitative estimate of drug-likeness (QED) is 0.214. The third-order valence-electron chi connectivity index (χ3n) is 8.76. The van der Waals surface area contributed by atoms with Crippen molar-refractivity contribution >= 4 is 16.8 Å². The van der Waals surface area contributed by atoms with Crippen molar-refractivity contribution in [2.24, 2.45) is 5.92 Å². The molecule has 1 saturated heterocycles. The van der Waals surface area contributed by atoms with Gasteiger partial charge in [0.2, 0.25) is 0 Å². The number of hydrogen-bond acceptors (Lipinski definition) is 6. The summed E-state index contributed by atoms with van der Waals surface area (Å²) in [5, 5.41) is 21.0. The van der Waals surface area contributed by atoms with Crippen LogP contribution in [0.5, 0.6) is 5.75 Å². The Morgan fingerprint density at radius 1 is 1.05 bits per heavy atom. The molecule has 2 aromatic heterocycles. The number of carbonyl (C=O) groups is 1. The van der Waals surface area contributed by atoms with Gasteiger partial charge >= 0.3 is 6.18 Å². The lowest BCUT2D eigenvalue weighted by atomic mass is 9.94. The van der Waals surface area contributed by atoms with E-state index < -0.39 is 18.8 Å². The molecule has 1 aliphatic heterocycles. The number of rotatable bonds is 9. The first-order valence-corrected chi connectivity index (χ1v) is 15.2. The van der Waals surface area contributed by atoms with Crippen LogP contribution in [-0.2, 0) is 0 Å². The molecule has 8 nitrogen and oxygen atoms in total. The van der Waals surface area contributed by atoms with Crippen molar-refractivity contribution in [3.05, 3.63) is 78.1 Å². The van der Waals surface area contributed by atoms with Gasteiger partial charge in [-0.2, -0.15) is 18.3 Å². The normalized spacial score (nSPS) is 18.4. The number of aliphatic hydroxyl groups is 1. The van der Waals surface area contributed by atoms with Gasteiger partial charge < -0.3 is 20.1 Å². The molecule has 2 fully saturated rings. The van der Waals surface area contributed by atoms with Gasteiger partial charge in [0.25, 0.3) is 5.91 Å². The summed E-state index contributed by atoms with van der Waals surface area (Å²) >= 11 is 0. The van der Waals surface area contributed by atoms with Crippen LogP contribution < -0.4 is 10.1 Å². The molecule has 2 aromatic carbocycles. The minimum Gasteiger partial charge on any atom is -0.490 e. The van der Waals surface area contributed by atoms with Crippen LogP contribution in [0.4, 0.5) is 13.2 Å². The Labute approximate surface area is 253 Å². The number of benzene rings is 2. The fraction of sp³-hybridized carbons (Fsp3) is 0.424. The molecule has 2 aliphatic rings. The second kappa shape index (κ2) is 13.0. The number of fused-ring (bicyclic) bond motifs is 1. The van der Waals surface area contributed by atoms with Gasteiger partial charge in [0, 0.05) is 42.3 Å². The zero-order valence-electron chi connectivity index (χ0n) is 24.3. The Hall–Kier alpha value is -3.96. The van der Waals surface area contributed by atoms with Gasteiger partial charge in [0.1, 0.15) is 11.9 Å². The van der Waals surface area contributed by atoms with E-state index in [9.17, 15) is 23.1 Å². The summed E-state index contributed by atoms with van der Waals surface area (Å²) in [7, 11) is 0. The van der Waals surface area contributed by atoms with Crippen LogP contribution in [0.3, 0.4) is 0 Å². The molecule has 0 bridgehead atoms. The topological polar surface area (TPSA) is 103 Å². The van der Waals surface area contributed by atoms with Gasteiger partial charge in [-0.25, -0.2) is 0 Å². The number of alkyl halides is 3. The molecule has 232 valence electrons. The van der Waals surface area contributed by atoms with Crippen molar-refractivity contribution in [3.63, 3.8) is 0 Å². The molecule has 0 radical (unpaired) electrons. The summed E-state index contributed by atoms with van der Waals surface area (Å²) in [6.07, 6.45) is 0.299. The average molecular weight is 608 g/mol. The molecule has 3 heterocycles. The largest absolute Gasteiger partial charge is 0.490 e. The van der Waals surface area contributed by atoms with Crippen molar-refractivity contribution in [3.8, 4) is 17.0 Å². The fourth-order valence-corrected chi connectivity index (χ4v) is 6.33.